The molecular formula is C8H18Cl2N2. The van der Waals surface area contributed by atoms with Crippen LogP contribution in [0.15, 0.2) is 0 Å². The molecule has 0 spiro atoms. The summed E-state index contributed by atoms with van der Waals surface area (Å²) in [5.41, 5.74) is 5.66. The number of fused-ring (bicyclic) bond motifs is 3. The van der Waals surface area contributed by atoms with Crippen molar-refractivity contribution in [1.29, 1.82) is 0 Å². The summed E-state index contributed by atoms with van der Waals surface area (Å²) in [6.07, 6.45) is 2.81. The molecule has 3 fully saturated rings. The first-order valence-electron chi connectivity index (χ1n) is 4.32. The van der Waals surface area contributed by atoms with Crippen molar-refractivity contribution < 1.29 is 0 Å². The molecule has 3 aliphatic heterocycles. The summed E-state index contributed by atoms with van der Waals surface area (Å²) in [4.78, 5) is 2.55. The van der Waals surface area contributed by atoms with Crippen LogP contribution in [-0.2, 0) is 0 Å². The van der Waals surface area contributed by atoms with Crippen LogP contribution in [0.3, 0.4) is 0 Å². The third-order valence-corrected chi connectivity index (χ3v) is 3.09. The van der Waals surface area contributed by atoms with Gasteiger partial charge in [0.1, 0.15) is 0 Å². The minimum Gasteiger partial charge on any atom is -0.330 e. The monoisotopic (exact) mass is 212 g/mol. The van der Waals surface area contributed by atoms with Crippen LogP contribution < -0.4 is 5.73 Å². The number of piperidine rings is 3. The highest BCUT2D eigenvalue weighted by molar-refractivity contribution is 5.85. The van der Waals surface area contributed by atoms with Gasteiger partial charge >= 0.3 is 0 Å². The predicted octanol–water partition coefficient (Wildman–Crippen LogP) is 1.13. The van der Waals surface area contributed by atoms with Gasteiger partial charge in [0.2, 0.25) is 0 Å². The molecule has 2 N–H and O–H groups in total. The summed E-state index contributed by atoms with van der Waals surface area (Å²) in [7, 11) is 0. The quantitative estimate of drug-likeness (QED) is 0.707. The molecule has 0 amide bonds. The Labute approximate surface area is 86.7 Å². The molecule has 3 aliphatic rings. The Morgan fingerprint density at radius 3 is 2.00 bits per heavy atom. The van der Waals surface area contributed by atoms with E-state index in [0.29, 0.717) is 0 Å². The van der Waals surface area contributed by atoms with Crippen molar-refractivity contribution in [2.24, 2.45) is 17.6 Å². The van der Waals surface area contributed by atoms with E-state index in [1.54, 1.807) is 0 Å². The number of hydrogen-bond donors (Lipinski definition) is 1. The van der Waals surface area contributed by atoms with Crippen LogP contribution in [0.2, 0.25) is 0 Å². The van der Waals surface area contributed by atoms with Crippen LogP contribution >= 0.6 is 24.8 Å². The van der Waals surface area contributed by atoms with Crippen LogP contribution in [-0.4, -0.2) is 31.1 Å². The highest BCUT2D eigenvalue weighted by atomic mass is 35.5. The van der Waals surface area contributed by atoms with Crippen LogP contribution in [0.4, 0.5) is 0 Å². The number of nitrogens with zero attached hydrogens (tertiary/aromatic N) is 1. The van der Waals surface area contributed by atoms with Gasteiger partial charge in [0.15, 0.2) is 0 Å². The van der Waals surface area contributed by atoms with E-state index in [1.165, 1.54) is 32.5 Å². The fourth-order valence-electron chi connectivity index (χ4n) is 2.35. The molecule has 12 heavy (non-hydrogen) atoms. The summed E-state index contributed by atoms with van der Waals surface area (Å²) in [5, 5.41) is 0. The molecule has 3 heterocycles. The van der Waals surface area contributed by atoms with Crippen molar-refractivity contribution in [1.82, 2.24) is 4.90 Å². The maximum Gasteiger partial charge on any atom is 0.00244 e. The van der Waals surface area contributed by atoms with E-state index in [-0.39, 0.29) is 24.8 Å². The lowest BCUT2D eigenvalue weighted by Crippen LogP contribution is -2.49. The zero-order valence-electron chi connectivity index (χ0n) is 7.24. The zero-order chi connectivity index (χ0) is 6.97. The molecule has 3 saturated heterocycles. The van der Waals surface area contributed by atoms with Gasteiger partial charge in [-0.3, -0.25) is 0 Å². The predicted molar refractivity (Wildman–Crippen MR) is 56.2 cm³/mol. The van der Waals surface area contributed by atoms with E-state index in [2.05, 4.69) is 4.90 Å². The third kappa shape index (κ3) is 2.25. The summed E-state index contributed by atoms with van der Waals surface area (Å²) in [6.45, 7) is 4.85. The van der Waals surface area contributed by atoms with Gasteiger partial charge in [0, 0.05) is 6.54 Å². The lowest BCUT2D eigenvalue weighted by atomic mass is 9.79. The molecule has 74 valence electrons. The summed E-state index contributed by atoms with van der Waals surface area (Å²) >= 11 is 0. The molecule has 0 aromatic rings. The van der Waals surface area contributed by atoms with E-state index in [1.807, 2.05) is 0 Å². The molecule has 3 rings (SSSR count). The van der Waals surface area contributed by atoms with Gasteiger partial charge in [-0.15, -0.1) is 24.8 Å². The van der Waals surface area contributed by atoms with E-state index in [4.69, 9.17) is 5.73 Å². The Bertz CT molecular complexity index is 124. The highest BCUT2D eigenvalue weighted by Gasteiger charge is 2.32. The minimum atomic E-state index is 0. The normalized spacial score (nSPS) is 38.2. The van der Waals surface area contributed by atoms with Crippen molar-refractivity contribution >= 4 is 24.8 Å². The third-order valence-electron chi connectivity index (χ3n) is 3.09. The molecule has 0 radical (unpaired) electrons. The molecule has 0 aromatic heterocycles. The van der Waals surface area contributed by atoms with Gasteiger partial charge < -0.3 is 10.6 Å². The average molecular weight is 213 g/mol. The smallest absolute Gasteiger partial charge is 0.00244 e. The van der Waals surface area contributed by atoms with Gasteiger partial charge in [-0.1, -0.05) is 0 Å². The molecule has 1 atom stereocenters. The lowest BCUT2D eigenvalue weighted by Gasteiger charge is -2.44. The first-order valence-corrected chi connectivity index (χ1v) is 4.32. The first kappa shape index (κ1) is 12.5. The molecule has 4 heteroatoms. The van der Waals surface area contributed by atoms with E-state index >= 15 is 0 Å². The van der Waals surface area contributed by atoms with Crippen LogP contribution in [0.25, 0.3) is 0 Å². The fourth-order valence-corrected chi connectivity index (χ4v) is 2.35. The maximum absolute atomic E-state index is 5.66. The summed E-state index contributed by atoms with van der Waals surface area (Å²) < 4.78 is 0. The number of nitrogens with two attached hydrogens (primary N) is 1. The van der Waals surface area contributed by atoms with E-state index in [9.17, 15) is 0 Å². The number of rotatable bonds is 1. The van der Waals surface area contributed by atoms with Crippen molar-refractivity contribution in [3.05, 3.63) is 0 Å². The molecule has 0 aromatic carbocycles. The van der Waals surface area contributed by atoms with Gasteiger partial charge in [0.05, 0.1) is 0 Å². The minimum absolute atomic E-state index is 0. The van der Waals surface area contributed by atoms with Gasteiger partial charge in [-0.25, -0.2) is 0 Å². The van der Waals surface area contributed by atoms with Crippen LogP contribution in [0.1, 0.15) is 12.8 Å². The number of halogens is 2. The fraction of sp³-hybridized carbons (Fsp3) is 1.00. The van der Waals surface area contributed by atoms with Crippen molar-refractivity contribution in [3.8, 4) is 0 Å². The van der Waals surface area contributed by atoms with Crippen LogP contribution in [0.5, 0.6) is 0 Å². The Kier molecular flexibility index (Phi) is 5.50. The molecule has 2 nitrogen and oxygen atoms in total. The largest absolute Gasteiger partial charge is 0.330 e. The van der Waals surface area contributed by atoms with E-state index < -0.39 is 0 Å². The molecule has 0 saturated carbocycles. The highest BCUT2D eigenvalue weighted by Crippen LogP contribution is 2.31. The SMILES string of the molecule is Cl.Cl.NCC1CN2CCC1CC2. The molecular weight excluding hydrogens is 195 g/mol. The van der Waals surface area contributed by atoms with Gasteiger partial charge in [-0.2, -0.15) is 0 Å². The topological polar surface area (TPSA) is 29.3 Å². The second-order valence-corrected chi connectivity index (χ2v) is 3.63. The summed E-state index contributed by atoms with van der Waals surface area (Å²) in [5.74, 6) is 1.79. The molecule has 1 unspecified atom stereocenters. The van der Waals surface area contributed by atoms with Crippen molar-refractivity contribution in [2.45, 2.75) is 12.8 Å². The lowest BCUT2D eigenvalue weighted by molar-refractivity contribution is 0.0554. The summed E-state index contributed by atoms with van der Waals surface area (Å²) in [6, 6.07) is 0. The number of hydrogen-bond acceptors (Lipinski definition) is 2. The Morgan fingerprint density at radius 1 is 1.17 bits per heavy atom. The van der Waals surface area contributed by atoms with Crippen molar-refractivity contribution in [3.63, 3.8) is 0 Å². The van der Waals surface area contributed by atoms with Gasteiger partial charge in [0.25, 0.3) is 0 Å². The Balaban J connectivity index is 0.000000605. The zero-order valence-corrected chi connectivity index (χ0v) is 8.87. The second kappa shape index (κ2) is 5.28. The standard InChI is InChI=1S/C8H16N2.2ClH/c9-5-8-6-10-3-1-7(8)2-4-10;;/h7-8H,1-6,9H2;2*1H. The molecule has 0 aliphatic carbocycles. The maximum atomic E-state index is 5.66. The molecule has 2 bridgehead atoms. The second-order valence-electron chi connectivity index (χ2n) is 3.63. The Morgan fingerprint density at radius 2 is 1.75 bits per heavy atom. The first-order chi connectivity index (χ1) is 4.90. The Hall–Kier alpha value is 0.500. The average Bonchev–Trinajstić information content (AvgIpc) is 2.06. The van der Waals surface area contributed by atoms with E-state index in [0.717, 1.165) is 18.4 Å². The van der Waals surface area contributed by atoms with Crippen LogP contribution in [0, 0.1) is 11.8 Å². The van der Waals surface area contributed by atoms with Gasteiger partial charge in [-0.05, 0) is 44.3 Å². The van der Waals surface area contributed by atoms with Crippen molar-refractivity contribution in [2.75, 3.05) is 26.2 Å².